The Labute approximate surface area is 85.1 Å². The van der Waals surface area contributed by atoms with Crippen LogP contribution in [-0.2, 0) is 4.79 Å². The van der Waals surface area contributed by atoms with E-state index in [1.807, 2.05) is 0 Å². The lowest BCUT2D eigenvalue weighted by atomic mass is 9.91. The van der Waals surface area contributed by atoms with E-state index in [1.54, 1.807) is 0 Å². The number of carbonyl (C=O) groups is 1. The van der Waals surface area contributed by atoms with Crippen molar-refractivity contribution in [1.29, 1.82) is 0 Å². The van der Waals surface area contributed by atoms with Crippen LogP contribution in [0, 0.1) is 5.92 Å². The van der Waals surface area contributed by atoms with Crippen LogP contribution in [0.2, 0.25) is 0 Å². The van der Waals surface area contributed by atoms with Crippen LogP contribution in [0.4, 0.5) is 0 Å². The molecule has 4 heteroatoms. The predicted octanol–water partition coefficient (Wildman–Crippen LogP) is 0.0639. The average molecular weight is 203 g/mol. The highest BCUT2D eigenvalue weighted by Gasteiger charge is 2.10. The summed E-state index contributed by atoms with van der Waals surface area (Å²) in [6, 6.07) is 0. The third-order valence-electron chi connectivity index (χ3n) is 2.33. The molecule has 0 aromatic rings. The molecular weight excluding hydrogens is 182 g/mol. The Balaban J connectivity index is 0.000000255. The number of hydrogen-bond donors (Lipinski definition) is 3. The molecule has 0 saturated heterocycles. The van der Waals surface area contributed by atoms with Crippen LogP contribution in [0.25, 0.3) is 0 Å². The second kappa shape index (κ2) is 9.12. The fourth-order valence-corrected chi connectivity index (χ4v) is 1.34. The zero-order valence-corrected chi connectivity index (χ0v) is 8.56. The molecule has 0 aromatic heterocycles. The molecule has 14 heavy (non-hydrogen) atoms. The van der Waals surface area contributed by atoms with Crippen LogP contribution >= 0.6 is 0 Å². The van der Waals surface area contributed by atoms with Crippen LogP contribution in [0.15, 0.2) is 0 Å². The molecule has 1 fully saturated rings. The molecule has 0 aliphatic heterocycles. The molecule has 1 aliphatic rings. The molecule has 0 amide bonds. The van der Waals surface area contributed by atoms with Gasteiger partial charge in [-0.15, -0.1) is 0 Å². The normalized spacial score (nSPS) is 19.4. The minimum Gasteiger partial charge on any atom is -0.394 e. The Hall–Kier alpha value is -0.450. The summed E-state index contributed by atoms with van der Waals surface area (Å²) in [6.45, 7) is -0.104. The van der Waals surface area contributed by atoms with Gasteiger partial charge in [-0.05, 0) is 12.8 Å². The first-order valence-corrected chi connectivity index (χ1v) is 5.18. The molecule has 1 unspecified atom stereocenters. The Bertz CT molecular complexity index is 131. The SMILES string of the molecule is NCC(O)CO.O=CC1CCCCC1. The maximum atomic E-state index is 10.2. The van der Waals surface area contributed by atoms with Crippen LogP contribution in [0.1, 0.15) is 32.1 Å². The van der Waals surface area contributed by atoms with Crippen LogP contribution in [0.3, 0.4) is 0 Å². The quantitative estimate of drug-likeness (QED) is 0.566. The molecule has 1 atom stereocenters. The molecule has 0 heterocycles. The monoisotopic (exact) mass is 203 g/mol. The van der Waals surface area contributed by atoms with Crippen molar-refractivity contribution in [2.24, 2.45) is 11.7 Å². The molecular formula is C10H21NO3. The lowest BCUT2D eigenvalue weighted by molar-refractivity contribution is -0.111. The highest BCUT2D eigenvalue weighted by Crippen LogP contribution is 2.21. The average Bonchev–Trinajstić information content (AvgIpc) is 2.30. The van der Waals surface area contributed by atoms with Crippen molar-refractivity contribution in [3.8, 4) is 0 Å². The van der Waals surface area contributed by atoms with E-state index in [2.05, 4.69) is 0 Å². The zero-order chi connectivity index (χ0) is 10.8. The van der Waals surface area contributed by atoms with Crippen molar-refractivity contribution in [3.05, 3.63) is 0 Å². The van der Waals surface area contributed by atoms with Gasteiger partial charge in [0.25, 0.3) is 0 Å². The molecule has 0 aromatic carbocycles. The lowest BCUT2D eigenvalue weighted by Gasteiger charge is -2.14. The topological polar surface area (TPSA) is 83.6 Å². The Morgan fingerprint density at radius 1 is 1.36 bits per heavy atom. The van der Waals surface area contributed by atoms with Crippen molar-refractivity contribution in [2.45, 2.75) is 38.2 Å². The minimum atomic E-state index is -0.731. The second-order valence-electron chi connectivity index (χ2n) is 3.61. The molecule has 1 rings (SSSR count). The van der Waals surface area contributed by atoms with Gasteiger partial charge in [0.15, 0.2) is 0 Å². The van der Waals surface area contributed by atoms with E-state index in [1.165, 1.54) is 19.3 Å². The summed E-state index contributed by atoms with van der Waals surface area (Å²) >= 11 is 0. The number of hydrogen-bond acceptors (Lipinski definition) is 4. The number of rotatable bonds is 3. The van der Waals surface area contributed by atoms with Gasteiger partial charge in [0.2, 0.25) is 0 Å². The summed E-state index contributed by atoms with van der Waals surface area (Å²) in [6.07, 6.45) is 6.54. The summed E-state index contributed by atoms with van der Waals surface area (Å²) in [4.78, 5) is 10.2. The van der Waals surface area contributed by atoms with Crippen molar-refractivity contribution >= 4 is 6.29 Å². The van der Waals surface area contributed by atoms with Crippen molar-refractivity contribution in [1.82, 2.24) is 0 Å². The van der Waals surface area contributed by atoms with Crippen molar-refractivity contribution in [2.75, 3.05) is 13.2 Å². The van der Waals surface area contributed by atoms with E-state index in [4.69, 9.17) is 15.9 Å². The van der Waals surface area contributed by atoms with Crippen molar-refractivity contribution < 1.29 is 15.0 Å². The van der Waals surface area contributed by atoms with Gasteiger partial charge >= 0.3 is 0 Å². The first-order valence-electron chi connectivity index (χ1n) is 5.18. The molecule has 4 nitrogen and oxygen atoms in total. The Morgan fingerprint density at radius 3 is 2.14 bits per heavy atom. The highest BCUT2D eigenvalue weighted by molar-refractivity contribution is 5.53. The summed E-state index contributed by atoms with van der Waals surface area (Å²) in [5.74, 6) is 0.406. The van der Waals surface area contributed by atoms with Gasteiger partial charge in [-0.3, -0.25) is 0 Å². The molecule has 1 saturated carbocycles. The molecule has 1 aliphatic carbocycles. The summed E-state index contributed by atoms with van der Waals surface area (Å²) < 4.78 is 0. The van der Waals surface area contributed by atoms with Gasteiger partial charge in [0.05, 0.1) is 12.7 Å². The third-order valence-corrected chi connectivity index (χ3v) is 2.33. The van der Waals surface area contributed by atoms with Gasteiger partial charge in [0, 0.05) is 12.5 Å². The van der Waals surface area contributed by atoms with Gasteiger partial charge in [0.1, 0.15) is 6.29 Å². The Morgan fingerprint density at radius 2 is 1.93 bits per heavy atom. The highest BCUT2D eigenvalue weighted by atomic mass is 16.3. The van der Waals surface area contributed by atoms with Crippen LogP contribution < -0.4 is 5.73 Å². The molecule has 0 spiro atoms. The van der Waals surface area contributed by atoms with Gasteiger partial charge < -0.3 is 20.7 Å². The number of aldehydes is 1. The fraction of sp³-hybridized carbons (Fsp3) is 0.900. The molecule has 4 N–H and O–H groups in total. The maximum absolute atomic E-state index is 10.2. The summed E-state index contributed by atoms with van der Waals surface area (Å²) in [7, 11) is 0. The number of aliphatic hydroxyl groups is 2. The van der Waals surface area contributed by atoms with Gasteiger partial charge in [-0.25, -0.2) is 0 Å². The van der Waals surface area contributed by atoms with E-state index < -0.39 is 6.10 Å². The predicted molar refractivity (Wildman–Crippen MR) is 54.8 cm³/mol. The van der Waals surface area contributed by atoms with E-state index in [9.17, 15) is 4.79 Å². The molecule has 0 bridgehead atoms. The van der Waals surface area contributed by atoms with Crippen LogP contribution in [-0.4, -0.2) is 35.8 Å². The fourth-order valence-electron chi connectivity index (χ4n) is 1.34. The standard InChI is InChI=1S/C7H12O.C3H9NO2/c8-6-7-4-2-1-3-5-7;4-1-3(6)2-5/h6-7H,1-5H2;3,5-6H,1-2,4H2. The number of nitrogens with two attached hydrogens (primary N) is 1. The lowest BCUT2D eigenvalue weighted by Crippen LogP contribution is -2.22. The maximum Gasteiger partial charge on any atom is 0.123 e. The van der Waals surface area contributed by atoms with E-state index in [0.717, 1.165) is 19.1 Å². The zero-order valence-electron chi connectivity index (χ0n) is 8.56. The van der Waals surface area contributed by atoms with E-state index in [-0.39, 0.29) is 13.2 Å². The Kier molecular flexibility index (Phi) is 8.83. The third kappa shape index (κ3) is 7.00. The summed E-state index contributed by atoms with van der Waals surface area (Å²) in [5.41, 5.74) is 4.87. The van der Waals surface area contributed by atoms with E-state index >= 15 is 0 Å². The first-order chi connectivity index (χ1) is 6.74. The smallest absolute Gasteiger partial charge is 0.123 e. The van der Waals surface area contributed by atoms with Crippen LogP contribution in [0.5, 0.6) is 0 Å². The van der Waals surface area contributed by atoms with E-state index in [0.29, 0.717) is 5.92 Å². The van der Waals surface area contributed by atoms with Gasteiger partial charge in [-0.1, -0.05) is 19.3 Å². The number of aliphatic hydroxyl groups excluding tert-OH is 2. The first kappa shape index (κ1) is 13.5. The second-order valence-corrected chi connectivity index (χ2v) is 3.61. The largest absolute Gasteiger partial charge is 0.394 e. The minimum absolute atomic E-state index is 0.135. The van der Waals surface area contributed by atoms with Gasteiger partial charge in [-0.2, -0.15) is 0 Å². The summed E-state index contributed by atoms with van der Waals surface area (Å²) in [5, 5.41) is 16.3. The van der Waals surface area contributed by atoms with Crippen molar-refractivity contribution in [3.63, 3.8) is 0 Å². The molecule has 84 valence electrons. The molecule has 0 radical (unpaired) electrons. The number of carbonyl (C=O) groups excluding carboxylic acids is 1.